The molecule has 0 aliphatic carbocycles. The summed E-state index contributed by atoms with van der Waals surface area (Å²) in [4.78, 5) is 25.2. The van der Waals surface area contributed by atoms with Crippen LogP contribution in [0, 0.1) is 13.8 Å². The Balaban J connectivity index is 1.84. The lowest BCUT2D eigenvalue weighted by Crippen LogP contribution is -2.40. The van der Waals surface area contributed by atoms with Crippen molar-refractivity contribution in [2.75, 3.05) is 13.6 Å². The van der Waals surface area contributed by atoms with Gasteiger partial charge in [0, 0.05) is 25.7 Å². The minimum atomic E-state index is -0.343. The van der Waals surface area contributed by atoms with Crippen LogP contribution in [0.2, 0.25) is 0 Å². The van der Waals surface area contributed by atoms with Crippen molar-refractivity contribution >= 4 is 11.8 Å². The molecule has 19 heavy (non-hydrogen) atoms. The highest BCUT2D eigenvalue weighted by Gasteiger charge is 2.29. The molecular formula is C13H20N4O2. The molecule has 0 radical (unpaired) electrons. The molecule has 1 fully saturated rings. The number of aromatic amines is 1. The van der Waals surface area contributed by atoms with E-state index in [9.17, 15) is 9.59 Å². The Labute approximate surface area is 112 Å². The zero-order chi connectivity index (χ0) is 14.0. The van der Waals surface area contributed by atoms with Gasteiger partial charge in [-0.3, -0.25) is 14.7 Å². The van der Waals surface area contributed by atoms with E-state index in [1.807, 2.05) is 13.8 Å². The van der Waals surface area contributed by atoms with Crippen LogP contribution in [0.5, 0.6) is 0 Å². The van der Waals surface area contributed by atoms with E-state index in [1.165, 1.54) is 0 Å². The Morgan fingerprint density at radius 3 is 2.79 bits per heavy atom. The molecule has 2 N–H and O–H groups in total. The molecular weight excluding hydrogens is 244 g/mol. The third kappa shape index (κ3) is 2.94. The maximum absolute atomic E-state index is 11.9. The number of likely N-dealkylation sites (tertiary alicyclic amines) is 1. The van der Waals surface area contributed by atoms with Crippen molar-refractivity contribution in [3.05, 3.63) is 17.0 Å². The summed E-state index contributed by atoms with van der Waals surface area (Å²) in [5.41, 5.74) is 3.02. The Bertz CT molecular complexity index is 475. The average Bonchev–Trinajstić information content (AvgIpc) is 2.85. The minimum Gasteiger partial charge on any atom is -0.344 e. The number of nitrogens with zero attached hydrogens (tertiary/aromatic N) is 2. The molecule has 2 heterocycles. The number of likely N-dealkylation sites (N-methyl/N-ethyl adjacent to an activating group) is 1. The summed E-state index contributed by atoms with van der Waals surface area (Å²) in [5, 5.41) is 9.81. The van der Waals surface area contributed by atoms with E-state index < -0.39 is 0 Å². The van der Waals surface area contributed by atoms with Crippen LogP contribution >= 0.6 is 0 Å². The summed E-state index contributed by atoms with van der Waals surface area (Å²) in [5.74, 6) is -0.0716. The first-order chi connectivity index (χ1) is 8.99. The summed E-state index contributed by atoms with van der Waals surface area (Å²) in [7, 11) is 1.76. The number of carbonyl (C=O) groups excluding carboxylic acids is 2. The zero-order valence-electron chi connectivity index (χ0n) is 11.6. The van der Waals surface area contributed by atoms with Crippen LogP contribution in [-0.2, 0) is 16.0 Å². The van der Waals surface area contributed by atoms with Crippen molar-refractivity contribution in [2.45, 2.75) is 39.2 Å². The van der Waals surface area contributed by atoms with Gasteiger partial charge in [-0.15, -0.1) is 0 Å². The molecule has 0 spiro atoms. The summed E-state index contributed by atoms with van der Waals surface area (Å²) in [6, 6.07) is -0.343. The predicted octanol–water partition coefficient (Wildman–Crippen LogP) is 0.306. The van der Waals surface area contributed by atoms with Gasteiger partial charge in [-0.1, -0.05) is 0 Å². The second-order valence-corrected chi connectivity index (χ2v) is 5.08. The lowest BCUT2D eigenvalue weighted by atomic mass is 10.1. The first-order valence-corrected chi connectivity index (χ1v) is 6.54. The standard InChI is InChI=1S/C13H20N4O2/c1-8-10(9(2)16-15-8)4-5-12(18)14-11-6-7-17(3)13(11)19/h11H,4-7H2,1-3H3,(H,14,18)(H,15,16). The van der Waals surface area contributed by atoms with Crippen molar-refractivity contribution < 1.29 is 9.59 Å². The van der Waals surface area contributed by atoms with E-state index in [4.69, 9.17) is 0 Å². The van der Waals surface area contributed by atoms with Crippen LogP contribution in [0.4, 0.5) is 0 Å². The van der Waals surface area contributed by atoms with Crippen LogP contribution in [0.3, 0.4) is 0 Å². The Morgan fingerprint density at radius 2 is 2.26 bits per heavy atom. The topological polar surface area (TPSA) is 78.1 Å². The van der Waals surface area contributed by atoms with Gasteiger partial charge < -0.3 is 10.2 Å². The normalized spacial score (nSPS) is 19.0. The molecule has 1 atom stereocenters. The Morgan fingerprint density at radius 1 is 1.53 bits per heavy atom. The second kappa shape index (κ2) is 5.42. The average molecular weight is 264 g/mol. The number of aryl methyl sites for hydroxylation is 2. The number of hydrogen-bond acceptors (Lipinski definition) is 3. The molecule has 6 heteroatoms. The molecule has 0 aromatic carbocycles. The fraction of sp³-hybridized carbons (Fsp3) is 0.615. The van der Waals surface area contributed by atoms with Gasteiger partial charge in [0.05, 0.1) is 5.69 Å². The summed E-state index contributed by atoms with van der Waals surface area (Å²) in [6.45, 7) is 4.58. The van der Waals surface area contributed by atoms with Gasteiger partial charge >= 0.3 is 0 Å². The molecule has 1 aliphatic rings. The number of nitrogens with one attached hydrogen (secondary N) is 2. The van der Waals surface area contributed by atoms with Crippen LogP contribution in [0.1, 0.15) is 29.8 Å². The third-order valence-corrected chi connectivity index (χ3v) is 3.65. The van der Waals surface area contributed by atoms with E-state index in [1.54, 1.807) is 11.9 Å². The van der Waals surface area contributed by atoms with Gasteiger partial charge in [-0.25, -0.2) is 0 Å². The van der Waals surface area contributed by atoms with Crippen molar-refractivity contribution in [2.24, 2.45) is 0 Å². The SMILES string of the molecule is Cc1n[nH]c(C)c1CCC(=O)NC1CCN(C)C1=O. The quantitative estimate of drug-likeness (QED) is 0.821. The van der Waals surface area contributed by atoms with Crippen LogP contribution < -0.4 is 5.32 Å². The molecule has 2 amide bonds. The maximum Gasteiger partial charge on any atom is 0.244 e. The van der Waals surface area contributed by atoms with Gasteiger partial charge in [0.1, 0.15) is 6.04 Å². The second-order valence-electron chi connectivity index (χ2n) is 5.08. The van der Waals surface area contributed by atoms with Gasteiger partial charge in [0.2, 0.25) is 11.8 Å². The fourth-order valence-electron chi connectivity index (χ4n) is 2.40. The van der Waals surface area contributed by atoms with Gasteiger partial charge in [-0.05, 0) is 32.3 Å². The Hall–Kier alpha value is -1.85. The molecule has 104 valence electrons. The smallest absolute Gasteiger partial charge is 0.244 e. The van der Waals surface area contributed by atoms with E-state index in [-0.39, 0.29) is 17.9 Å². The maximum atomic E-state index is 11.9. The highest BCUT2D eigenvalue weighted by atomic mass is 16.2. The Kier molecular flexibility index (Phi) is 3.87. The zero-order valence-corrected chi connectivity index (χ0v) is 11.6. The monoisotopic (exact) mass is 264 g/mol. The molecule has 1 saturated heterocycles. The van der Waals surface area contributed by atoms with E-state index in [0.29, 0.717) is 25.8 Å². The van der Waals surface area contributed by atoms with Crippen molar-refractivity contribution in [3.63, 3.8) is 0 Å². The van der Waals surface area contributed by atoms with Crippen LogP contribution in [-0.4, -0.2) is 46.5 Å². The molecule has 1 aromatic heterocycles. The largest absolute Gasteiger partial charge is 0.344 e. The van der Waals surface area contributed by atoms with E-state index >= 15 is 0 Å². The first kappa shape index (κ1) is 13.6. The lowest BCUT2D eigenvalue weighted by molar-refractivity contribution is -0.131. The van der Waals surface area contributed by atoms with Crippen LogP contribution in [0.15, 0.2) is 0 Å². The molecule has 1 aromatic rings. The minimum absolute atomic E-state index is 0.00372. The number of hydrogen-bond donors (Lipinski definition) is 2. The summed E-state index contributed by atoms with van der Waals surface area (Å²) < 4.78 is 0. The number of H-pyrrole nitrogens is 1. The molecule has 0 saturated carbocycles. The fourth-order valence-corrected chi connectivity index (χ4v) is 2.40. The highest BCUT2D eigenvalue weighted by Crippen LogP contribution is 2.13. The number of rotatable bonds is 4. The molecule has 1 unspecified atom stereocenters. The van der Waals surface area contributed by atoms with Gasteiger partial charge in [0.25, 0.3) is 0 Å². The number of aromatic nitrogens is 2. The number of amides is 2. The van der Waals surface area contributed by atoms with E-state index in [2.05, 4.69) is 15.5 Å². The van der Waals surface area contributed by atoms with Gasteiger partial charge in [0.15, 0.2) is 0 Å². The highest BCUT2D eigenvalue weighted by molar-refractivity contribution is 5.89. The molecule has 6 nitrogen and oxygen atoms in total. The van der Waals surface area contributed by atoms with Crippen molar-refractivity contribution in [1.82, 2.24) is 20.4 Å². The number of carbonyl (C=O) groups is 2. The van der Waals surface area contributed by atoms with Gasteiger partial charge in [-0.2, -0.15) is 5.10 Å². The summed E-state index contributed by atoms with van der Waals surface area (Å²) in [6.07, 6.45) is 1.73. The lowest BCUT2D eigenvalue weighted by Gasteiger charge is -2.12. The van der Waals surface area contributed by atoms with Crippen molar-refractivity contribution in [3.8, 4) is 0 Å². The third-order valence-electron chi connectivity index (χ3n) is 3.65. The summed E-state index contributed by atoms with van der Waals surface area (Å²) >= 11 is 0. The molecule has 1 aliphatic heterocycles. The molecule has 0 bridgehead atoms. The van der Waals surface area contributed by atoms with Crippen molar-refractivity contribution in [1.29, 1.82) is 0 Å². The van der Waals surface area contributed by atoms with Crippen LogP contribution in [0.25, 0.3) is 0 Å². The van der Waals surface area contributed by atoms with E-state index in [0.717, 1.165) is 17.0 Å². The first-order valence-electron chi connectivity index (χ1n) is 6.54. The molecule has 2 rings (SSSR count). The predicted molar refractivity (Wildman–Crippen MR) is 70.6 cm³/mol.